The summed E-state index contributed by atoms with van der Waals surface area (Å²) in [6.45, 7) is 5.19. The van der Waals surface area contributed by atoms with Crippen LogP contribution in [0.3, 0.4) is 0 Å². The zero-order chi connectivity index (χ0) is 14.5. The number of carbonyl (C=O) groups is 1. The molecule has 2 rings (SSSR count). The van der Waals surface area contributed by atoms with Crippen LogP contribution < -0.4 is 11.1 Å². The van der Waals surface area contributed by atoms with E-state index in [1.165, 1.54) is 12.8 Å². The summed E-state index contributed by atoms with van der Waals surface area (Å²) in [7, 11) is 2.16. The molecule has 4 nitrogen and oxygen atoms in total. The van der Waals surface area contributed by atoms with Crippen LogP contribution in [0.15, 0.2) is 0 Å². The monoisotopic (exact) mass is 281 g/mol. The summed E-state index contributed by atoms with van der Waals surface area (Å²) in [5.41, 5.74) is 5.66. The minimum absolute atomic E-state index is 0.229. The highest BCUT2D eigenvalue weighted by Crippen LogP contribution is 2.31. The summed E-state index contributed by atoms with van der Waals surface area (Å²) in [6, 6.07) is 0.369. The van der Waals surface area contributed by atoms with Crippen LogP contribution >= 0.6 is 0 Å². The highest BCUT2D eigenvalue weighted by molar-refractivity contribution is 5.79. The SMILES string of the molecule is CC1CN(C)CCC1NC(=O)C1CCCC(CCN)C1. The number of nitrogens with two attached hydrogens (primary N) is 1. The van der Waals surface area contributed by atoms with Crippen molar-refractivity contribution in [3.63, 3.8) is 0 Å². The molecule has 2 aliphatic rings. The number of likely N-dealkylation sites (tertiary alicyclic amines) is 1. The molecule has 0 spiro atoms. The molecule has 20 heavy (non-hydrogen) atoms. The molecule has 1 saturated carbocycles. The molecule has 116 valence electrons. The van der Waals surface area contributed by atoms with Gasteiger partial charge in [-0.15, -0.1) is 0 Å². The van der Waals surface area contributed by atoms with E-state index in [-0.39, 0.29) is 5.92 Å². The maximum atomic E-state index is 12.5. The maximum Gasteiger partial charge on any atom is 0.223 e. The number of hydrogen-bond donors (Lipinski definition) is 2. The van der Waals surface area contributed by atoms with E-state index in [0.29, 0.717) is 23.8 Å². The number of nitrogens with one attached hydrogen (secondary N) is 1. The van der Waals surface area contributed by atoms with Gasteiger partial charge < -0.3 is 16.0 Å². The topological polar surface area (TPSA) is 58.4 Å². The lowest BCUT2D eigenvalue weighted by Gasteiger charge is -2.36. The zero-order valence-corrected chi connectivity index (χ0v) is 13.1. The first-order valence-corrected chi connectivity index (χ1v) is 8.29. The molecule has 1 heterocycles. The Hall–Kier alpha value is -0.610. The molecule has 0 radical (unpaired) electrons. The average Bonchev–Trinajstić information content (AvgIpc) is 2.42. The second-order valence-electron chi connectivity index (χ2n) is 6.95. The summed E-state index contributed by atoms with van der Waals surface area (Å²) in [5, 5.41) is 3.32. The molecular formula is C16H31N3O. The molecule has 1 amide bonds. The van der Waals surface area contributed by atoms with Crippen LogP contribution in [0.1, 0.15) is 45.4 Å². The van der Waals surface area contributed by atoms with Gasteiger partial charge in [-0.2, -0.15) is 0 Å². The van der Waals surface area contributed by atoms with E-state index in [0.717, 1.165) is 45.3 Å². The molecule has 4 heteroatoms. The maximum absolute atomic E-state index is 12.5. The molecule has 0 aromatic heterocycles. The predicted octanol–water partition coefficient (Wildman–Crippen LogP) is 1.60. The molecule has 1 aliphatic heterocycles. The Bertz CT molecular complexity index is 319. The Morgan fingerprint density at radius 3 is 2.85 bits per heavy atom. The Morgan fingerprint density at radius 2 is 2.15 bits per heavy atom. The van der Waals surface area contributed by atoms with Gasteiger partial charge in [-0.3, -0.25) is 4.79 Å². The van der Waals surface area contributed by atoms with Crippen LogP contribution in [0.4, 0.5) is 0 Å². The Morgan fingerprint density at radius 1 is 1.35 bits per heavy atom. The Kier molecular flexibility index (Phi) is 5.85. The van der Waals surface area contributed by atoms with Gasteiger partial charge >= 0.3 is 0 Å². The van der Waals surface area contributed by atoms with E-state index >= 15 is 0 Å². The van der Waals surface area contributed by atoms with Crippen LogP contribution in [0, 0.1) is 17.8 Å². The Labute approximate surface area is 123 Å². The molecule has 4 unspecified atom stereocenters. The van der Waals surface area contributed by atoms with Gasteiger partial charge in [0.2, 0.25) is 5.91 Å². The minimum atomic E-state index is 0.229. The lowest BCUT2D eigenvalue weighted by atomic mass is 9.79. The van der Waals surface area contributed by atoms with Crippen molar-refractivity contribution >= 4 is 5.91 Å². The molecule has 2 fully saturated rings. The van der Waals surface area contributed by atoms with Gasteiger partial charge in [-0.1, -0.05) is 19.8 Å². The zero-order valence-electron chi connectivity index (χ0n) is 13.1. The van der Waals surface area contributed by atoms with Crippen molar-refractivity contribution in [1.29, 1.82) is 0 Å². The molecule has 4 atom stereocenters. The first-order valence-electron chi connectivity index (χ1n) is 8.29. The van der Waals surface area contributed by atoms with E-state index in [4.69, 9.17) is 5.73 Å². The molecule has 1 saturated heterocycles. The van der Waals surface area contributed by atoms with E-state index < -0.39 is 0 Å². The van der Waals surface area contributed by atoms with Crippen molar-refractivity contribution < 1.29 is 4.79 Å². The number of rotatable bonds is 4. The molecule has 0 aromatic rings. The first-order chi connectivity index (χ1) is 9.60. The molecule has 0 aromatic carbocycles. The predicted molar refractivity (Wildman–Crippen MR) is 82.3 cm³/mol. The normalized spacial score (nSPS) is 35.8. The Balaban J connectivity index is 1.81. The van der Waals surface area contributed by atoms with E-state index in [1.807, 2.05) is 0 Å². The smallest absolute Gasteiger partial charge is 0.223 e. The molecule has 1 aliphatic carbocycles. The van der Waals surface area contributed by atoms with Crippen molar-refractivity contribution in [2.75, 3.05) is 26.7 Å². The third kappa shape index (κ3) is 4.19. The van der Waals surface area contributed by atoms with Gasteiger partial charge in [0.1, 0.15) is 0 Å². The van der Waals surface area contributed by atoms with Gasteiger partial charge in [-0.05, 0) is 57.7 Å². The van der Waals surface area contributed by atoms with Gasteiger partial charge in [0.15, 0.2) is 0 Å². The van der Waals surface area contributed by atoms with Crippen molar-refractivity contribution in [2.24, 2.45) is 23.5 Å². The lowest BCUT2D eigenvalue weighted by Crippen LogP contribution is -2.50. The number of amides is 1. The molecule has 0 bridgehead atoms. The standard InChI is InChI=1S/C16H31N3O/c1-12-11-19(2)9-7-15(12)18-16(20)14-5-3-4-13(10-14)6-8-17/h12-15H,3-11,17H2,1-2H3,(H,18,20). The molecule has 3 N–H and O–H groups in total. The van der Waals surface area contributed by atoms with E-state index in [2.05, 4.69) is 24.2 Å². The van der Waals surface area contributed by atoms with Gasteiger partial charge in [-0.25, -0.2) is 0 Å². The van der Waals surface area contributed by atoms with Crippen LogP contribution in [0.2, 0.25) is 0 Å². The summed E-state index contributed by atoms with van der Waals surface area (Å²) >= 11 is 0. The van der Waals surface area contributed by atoms with Crippen LogP contribution in [-0.2, 0) is 4.79 Å². The third-order valence-corrected chi connectivity index (χ3v) is 5.16. The van der Waals surface area contributed by atoms with Crippen LogP contribution in [0.25, 0.3) is 0 Å². The molecular weight excluding hydrogens is 250 g/mol. The summed E-state index contributed by atoms with van der Waals surface area (Å²) in [6.07, 6.45) is 6.71. The number of hydrogen-bond acceptors (Lipinski definition) is 3. The minimum Gasteiger partial charge on any atom is -0.353 e. The fraction of sp³-hybridized carbons (Fsp3) is 0.938. The second kappa shape index (κ2) is 7.41. The highest BCUT2D eigenvalue weighted by atomic mass is 16.1. The summed E-state index contributed by atoms with van der Waals surface area (Å²) < 4.78 is 0. The quantitative estimate of drug-likeness (QED) is 0.823. The number of piperidine rings is 1. The van der Waals surface area contributed by atoms with E-state index in [9.17, 15) is 4.79 Å². The summed E-state index contributed by atoms with van der Waals surface area (Å²) in [4.78, 5) is 14.8. The van der Waals surface area contributed by atoms with Gasteiger partial charge in [0, 0.05) is 18.5 Å². The third-order valence-electron chi connectivity index (χ3n) is 5.16. The van der Waals surface area contributed by atoms with Crippen molar-refractivity contribution in [3.8, 4) is 0 Å². The second-order valence-corrected chi connectivity index (χ2v) is 6.95. The van der Waals surface area contributed by atoms with Gasteiger partial charge in [0.05, 0.1) is 0 Å². The fourth-order valence-electron chi connectivity index (χ4n) is 3.90. The highest BCUT2D eigenvalue weighted by Gasteiger charge is 2.31. The number of nitrogens with zero attached hydrogens (tertiary/aromatic N) is 1. The van der Waals surface area contributed by atoms with E-state index in [1.54, 1.807) is 0 Å². The fourth-order valence-corrected chi connectivity index (χ4v) is 3.90. The van der Waals surface area contributed by atoms with Gasteiger partial charge in [0.25, 0.3) is 0 Å². The van der Waals surface area contributed by atoms with Crippen molar-refractivity contribution in [2.45, 2.75) is 51.5 Å². The average molecular weight is 281 g/mol. The largest absolute Gasteiger partial charge is 0.353 e. The summed E-state index contributed by atoms with van der Waals surface area (Å²) in [5.74, 6) is 1.75. The first kappa shape index (κ1) is 15.8. The van der Waals surface area contributed by atoms with Crippen LogP contribution in [0.5, 0.6) is 0 Å². The van der Waals surface area contributed by atoms with Crippen LogP contribution in [-0.4, -0.2) is 43.5 Å². The van der Waals surface area contributed by atoms with Crippen molar-refractivity contribution in [1.82, 2.24) is 10.2 Å². The van der Waals surface area contributed by atoms with Crippen molar-refractivity contribution in [3.05, 3.63) is 0 Å². The lowest BCUT2D eigenvalue weighted by molar-refractivity contribution is -0.128. The number of carbonyl (C=O) groups excluding carboxylic acids is 1.